The van der Waals surface area contributed by atoms with Crippen LogP contribution in [0.4, 0.5) is 0 Å². The van der Waals surface area contributed by atoms with E-state index in [0.29, 0.717) is 25.1 Å². The van der Waals surface area contributed by atoms with E-state index in [2.05, 4.69) is 15.3 Å². The number of H-pyrrole nitrogens is 1. The highest BCUT2D eigenvalue weighted by Gasteiger charge is 2.37. The third-order valence-electron chi connectivity index (χ3n) is 3.48. The summed E-state index contributed by atoms with van der Waals surface area (Å²) in [7, 11) is 0. The van der Waals surface area contributed by atoms with Crippen LogP contribution in [0.1, 0.15) is 25.5 Å². The minimum absolute atomic E-state index is 0.251. The van der Waals surface area contributed by atoms with Crippen LogP contribution in [0, 0.1) is 0 Å². The van der Waals surface area contributed by atoms with E-state index in [9.17, 15) is 14.4 Å². The summed E-state index contributed by atoms with van der Waals surface area (Å²) in [6, 6.07) is -1.60. The summed E-state index contributed by atoms with van der Waals surface area (Å²) in [6.45, 7) is 1.72. The van der Waals surface area contributed by atoms with Gasteiger partial charge in [-0.05, 0) is 12.8 Å². The molecule has 1 aliphatic rings. The highest BCUT2D eigenvalue weighted by Crippen LogP contribution is 2.19. The highest BCUT2D eigenvalue weighted by atomic mass is 16.4. The van der Waals surface area contributed by atoms with E-state index in [1.807, 2.05) is 0 Å². The topological polar surface area (TPSA) is 115 Å². The summed E-state index contributed by atoms with van der Waals surface area (Å²) >= 11 is 0. The Kier molecular flexibility index (Phi) is 4.56. The number of carboxylic acids is 1. The summed E-state index contributed by atoms with van der Waals surface area (Å²) < 4.78 is 0. The quantitative estimate of drug-likeness (QED) is 0.679. The molecule has 8 nitrogen and oxygen atoms in total. The predicted molar refractivity (Wildman–Crippen MR) is 72.3 cm³/mol. The van der Waals surface area contributed by atoms with Crippen molar-refractivity contribution in [2.75, 3.05) is 6.54 Å². The number of rotatable bonds is 5. The van der Waals surface area contributed by atoms with Crippen LogP contribution < -0.4 is 5.32 Å². The van der Waals surface area contributed by atoms with Crippen molar-refractivity contribution in [2.24, 2.45) is 0 Å². The van der Waals surface area contributed by atoms with Crippen LogP contribution in [0.3, 0.4) is 0 Å². The maximum absolute atomic E-state index is 12.5. The first kappa shape index (κ1) is 15.0. The lowest BCUT2D eigenvalue weighted by Crippen LogP contribution is -2.52. The van der Waals surface area contributed by atoms with Crippen molar-refractivity contribution in [2.45, 2.75) is 38.3 Å². The molecule has 1 aromatic rings. The number of aliphatic carboxylic acids is 1. The molecule has 0 spiro atoms. The van der Waals surface area contributed by atoms with Gasteiger partial charge in [0.25, 0.3) is 0 Å². The van der Waals surface area contributed by atoms with E-state index in [0.717, 1.165) is 0 Å². The Hall–Kier alpha value is -2.38. The maximum atomic E-state index is 12.5. The average molecular weight is 294 g/mol. The van der Waals surface area contributed by atoms with E-state index in [-0.39, 0.29) is 18.2 Å². The minimum atomic E-state index is -1.01. The number of hydrogen-bond donors (Lipinski definition) is 3. The molecule has 0 aromatic carbocycles. The molecule has 1 fully saturated rings. The second kappa shape index (κ2) is 6.38. The first-order valence-electron chi connectivity index (χ1n) is 6.76. The molecule has 114 valence electrons. The van der Waals surface area contributed by atoms with Crippen LogP contribution in [0.2, 0.25) is 0 Å². The number of aromatic amines is 1. The van der Waals surface area contributed by atoms with Crippen molar-refractivity contribution < 1.29 is 19.5 Å². The molecule has 8 heteroatoms. The van der Waals surface area contributed by atoms with Crippen molar-refractivity contribution in [3.8, 4) is 0 Å². The Morgan fingerprint density at radius 1 is 1.57 bits per heavy atom. The zero-order valence-electron chi connectivity index (χ0n) is 11.7. The Morgan fingerprint density at radius 2 is 2.33 bits per heavy atom. The Morgan fingerprint density at radius 3 is 2.90 bits per heavy atom. The standard InChI is InChI=1S/C13H18N4O4/c1-8(18)16-10(5-9-6-14-7-15-9)12(19)17-4-2-3-11(17)13(20)21/h6-7,10-11H,2-5H2,1H3,(H,14,15)(H,16,18)(H,20,21)/t10-,11+/m0/s1. The molecule has 21 heavy (non-hydrogen) atoms. The fraction of sp³-hybridized carbons (Fsp3) is 0.538. The minimum Gasteiger partial charge on any atom is -0.480 e. The summed E-state index contributed by atoms with van der Waals surface area (Å²) in [5.74, 6) is -1.72. The molecule has 0 unspecified atom stereocenters. The molecule has 2 heterocycles. The predicted octanol–water partition coefficient (Wildman–Crippen LogP) is -0.467. The number of imidazole rings is 1. The Bertz CT molecular complexity index is 528. The second-order valence-corrected chi connectivity index (χ2v) is 5.06. The fourth-order valence-corrected chi connectivity index (χ4v) is 2.55. The molecule has 0 saturated carbocycles. The zero-order valence-corrected chi connectivity index (χ0v) is 11.7. The highest BCUT2D eigenvalue weighted by molar-refractivity contribution is 5.90. The fourth-order valence-electron chi connectivity index (χ4n) is 2.55. The van der Waals surface area contributed by atoms with Gasteiger partial charge >= 0.3 is 5.97 Å². The molecular formula is C13H18N4O4. The maximum Gasteiger partial charge on any atom is 0.326 e. The largest absolute Gasteiger partial charge is 0.480 e. The number of aromatic nitrogens is 2. The zero-order chi connectivity index (χ0) is 15.4. The lowest BCUT2D eigenvalue weighted by molar-refractivity contribution is -0.149. The molecule has 3 N–H and O–H groups in total. The van der Waals surface area contributed by atoms with Gasteiger partial charge in [0.2, 0.25) is 11.8 Å². The smallest absolute Gasteiger partial charge is 0.326 e. The number of nitrogens with zero attached hydrogens (tertiary/aromatic N) is 2. The van der Waals surface area contributed by atoms with Gasteiger partial charge in [0.15, 0.2) is 0 Å². The molecule has 0 bridgehead atoms. The molecule has 1 aliphatic heterocycles. The van der Waals surface area contributed by atoms with Crippen LogP contribution in [0.15, 0.2) is 12.5 Å². The average Bonchev–Trinajstić information content (AvgIpc) is 3.07. The SMILES string of the molecule is CC(=O)N[C@@H](Cc1cnc[nH]1)C(=O)N1CCC[C@@H]1C(=O)O. The first-order valence-corrected chi connectivity index (χ1v) is 6.76. The second-order valence-electron chi connectivity index (χ2n) is 5.06. The van der Waals surface area contributed by atoms with Gasteiger partial charge in [-0.15, -0.1) is 0 Å². The normalized spacial score (nSPS) is 19.3. The van der Waals surface area contributed by atoms with Gasteiger partial charge in [-0.2, -0.15) is 0 Å². The number of carboxylic acid groups (broad SMARTS) is 1. The molecule has 1 saturated heterocycles. The van der Waals surface area contributed by atoms with Gasteiger partial charge in [-0.1, -0.05) is 0 Å². The first-order chi connectivity index (χ1) is 9.99. The van der Waals surface area contributed by atoms with E-state index in [4.69, 9.17) is 5.11 Å². The molecule has 2 atom stereocenters. The van der Waals surface area contributed by atoms with Crippen molar-refractivity contribution in [3.63, 3.8) is 0 Å². The van der Waals surface area contributed by atoms with Crippen LogP contribution in [-0.4, -0.2) is 56.4 Å². The van der Waals surface area contributed by atoms with Crippen LogP contribution in [0.25, 0.3) is 0 Å². The lowest BCUT2D eigenvalue weighted by atomic mass is 10.1. The van der Waals surface area contributed by atoms with Crippen LogP contribution in [0.5, 0.6) is 0 Å². The Labute approximate surface area is 121 Å². The van der Waals surface area contributed by atoms with Gasteiger partial charge in [-0.25, -0.2) is 9.78 Å². The van der Waals surface area contributed by atoms with Gasteiger partial charge < -0.3 is 20.3 Å². The summed E-state index contributed by atoms with van der Waals surface area (Å²) in [5, 5.41) is 11.7. The van der Waals surface area contributed by atoms with Crippen molar-refractivity contribution >= 4 is 17.8 Å². The van der Waals surface area contributed by atoms with Crippen molar-refractivity contribution in [3.05, 3.63) is 18.2 Å². The summed E-state index contributed by atoms with van der Waals surface area (Å²) in [6.07, 6.45) is 4.40. The van der Waals surface area contributed by atoms with E-state index in [1.54, 1.807) is 6.20 Å². The number of amides is 2. The molecule has 0 radical (unpaired) electrons. The van der Waals surface area contributed by atoms with Crippen LogP contribution >= 0.6 is 0 Å². The number of nitrogens with one attached hydrogen (secondary N) is 2. The molecular weight excluding hydrogens is 276 g/mol. The van der Waals surface area contributed by atoms with Gasteiger partial charge in [-0.3, -0.25) is 9.59 Å². The Balaban J connectivity index is 2.13. The van der Waals surface area contributed by atoms with Gasteiger partial charge in [0.05, 0.1) is 6.33 Å². The van der Waals surface area contributed by atoms with E-state index >= 15 is 0 Å². The molecule has 1 aromatic heterocycles. The van der Waals surface area contributed by atoms with Crippen molar-refractivity contribution in [1.82, 2.24) is 20.2 Å². The summed E-state index contributed by atoms with van der Waals surface area (Å²) in [4.78, 5) is 43.1. The molecule has 2 rings (SSSR count). The van der Waals surface area contributed by atoms with Gasteiger partial charge in [0.1, 0.15) is 12.1 Å². The van der Waals surface area contributed by atoms with E-state index < -0.39 is 18.1 Å². The molecule has 2 amide bonds. The number of hydrogen-bond acceptors (Lipinski definition) is 4. The number of carbonyl (C=O) groups excluding carboxylic acids is 2. The van der Waals surface area contributed by atoms with Crippen LogP contribution in [-0.2, 0) is 20.8 Å². The van der Waals surface area contributed by atoms with Crippen molar-refractivity contribution in [1.29, 1.82) is 0 Å². The van der Waals surface area contributed by atoms with Gasteiger partial charge in [0, 0.05) is 31.8 Å². The molecule has 0 aliphatic carbocycles. The monoisotopic (exact) mass is 294 g/mol. The summed E-state index contributed by atoms with van der Waals surface area (Å²) in [5.41, 5.74) is 0.702. The third-order valence-corrected chi connectivity index (χ3v) is 3.48. The number of likely N-dealkylation sites (tertiary alicyclic amines) is 1. The third kappa shape index (κ3) is 3.59. The lowest BCUT2D eigenvalue weighted by Gasteiger charge is -2.26. The van der Waals surface area contributed by atoms with E-state index in [1.165, 1.54) is 18.2 Å². The number of carbonyl (C=O) groups is 3.